The molecule has 1 aliphatic rings. The number of Topliss-reactive ketones (excluding diaryl/α,β-unsaturated/α-hetero) is 1. The van der Waals surface area contributed by atoms with Crippen LogP contribution in [0, 0.1) is 5.92 Å². The van der Waals surface area contributed by atoms with Gasteiger partial charge in [-0.3, -0.25) is 19.3 Å². The van der Waals surface area contributed by atoms with Gasteiger partial charge in [0.15, 0.2) is 11.7 Å². The summed E-state index contributed by atoms with van der Waals surface area (Å²) in [5, 5.41) is 0. The molecule has 2 heterocycles. The van der Waals surface area contributed by atoms with Crippen molar-refractivity contribution in [2.75, 3.05) is 18.1 Å². The Labute approximate surface area is 210 Å². The Kier molecular flexibility index (Phi) is 6.21. The molecule has 2 atom stereocenters. The maximum atomic E-state index is 13.9. The van der Waals surface area contributed by atoms with E-state index in [1.165, 1.54) is 4.90 Å². The molecule has 5 rings (SSSR count). The zero-order valence-electron chi connectivity index (χ0n) is 18.9. The van der Waals surface area contributed by atoms with Gasteiger partial charge in [0.05, 0.1) is 30.2 Å². The van der Waals surface area contributed by atoms with Crippen LogP contribution >= 0.6 is 15.9 Å². The van der Waals surface area contributed by atoms with Crippen molar-refractivity contribution in [2.45, 2.75) is 13.0 Å². The molecule has 176 valence electrons. The number of carbonyl (C=O) groups excluding carboxylic acids is 3. The van der Waals surface area contributed by atoms with Crippen molar-refractivity contribution >= 4 is 50.6 Å². The minimum Gasteiger partial charge on any atom is -0.465 e. The molecule has 0 N–H and O–H groups in total. The Morgan fingerprint density at radius 2 is 1.66 bits per heavy atom. The van der Waals surface area contributed by atoms with Crippen LogP contribution in [0.1, 0.15) is 28.9 Å². The number of nitrogens with zero attached hydrogens (tertiary/aromatic N) is 3. The van der Waals surface area contributed by atoms with Gasteiger partial charge in [-0.15, -0.1) is 0 Å². The zero-order chi connectivity index (χ0) is 24.5. The van der Waals surface area contributed by atoms with Crippen LogP contribution in [-0.2, 0) is 14.3 Å². The van der Waals surface area contributed by atoms with Crippen molar-refractivity contribution in [3.05, 3.63) is 94.5 Å². The second-order valence-corrected chi connectivity index (χ2v) is 9.13. The van der Waals surface area contributed by atoms with Crippen LogP contribution < -0.4 is 4.90 Å². The van der Waals surface area contributed by atoms with Gasteiger partial charge in [0.1, 0.15) is 0 Å². The first-order valence-electron chi connectivity index (χ1n) is 11.3. The normalized spacial score (nSPS) is 17.3. The van der Waals surface area contributed by atoms with Crippen LogP contribution in [0.15, 0.2) is 83.3 Å². The number of hydrogen-bond donors (Lipinski definition) is 0. The molecule has 0 spiro atoms. The molecule has 0 saturated carbocycles. The minimum absolute atomic E-state index is 0.138. The number of esters is 1. The van der Waals surface area contributed by atoms with Gasteiger partial charge in [0, 0.05) is 10.0 Å². The Hall–Kier alpha value is -3.78. The summed E-state index contributed by atoms with van der Waals surface area (Å²) in [6, 6.07) is 23.1. The van der Waals surface area contributed by atoms with Crippen molar-refractivity contribution in [1.29, 1.82) is 0 Å². The number of ketones is 1. The van der Waals surface area contributed by atoms with E-state index in [0.717, 1.165) is 15.6 Å². The highest BCUT2D eigenvalue weighted by Crippen LogP contribution is 2.41. The van der Waals surface area contributed by atoms with Crippen molar-refractivity contribution in [3.63, 3.8) is 0 Å². The van der Waals surface area contributed by atoms with Gasteiger partial charge >= 0.3 is 5.97 Å². The van der Waals surface area contributed by atoms with Crippen LogP contribution in [0.5, 0.6) is 0 Å². The lowest BCUT2D eigenvalue weighted by molar-refractivity contribution is -0.153. The van der Waals surface area contributed by atoms with Crippen LogP contribution in [0.3, 0.4) is 0 Å². The van der Waals surface area contributed by atoms with E-state index in [1.54, 1.807) is 31.2 Å². The van der Waals surface area contributed by atoms with Gasteiger partial charge in [0.25, 0.3) is 0 Å². The molecular weight excluding hydrogens is 510 g/mol. The first-order valence-corrected chi connectivity index (χ1v) is 12.1. The Balaban J connectivity index is 1.68. The molecule has 35 heavy (non-hydrogen) atoms. The average Bonchev–Trinajstić information content (AvgIpc) is 3.25. The fraction of sp³-hybridized carbons (Fsp3) is 0.185. The minimum atomic E-state index is -1.17. The number of hydrogen-bond acceptors (Lipinski definition) is 5. The van der Waals surface area contributed by atoms with Crippen molar-refractivity contribution in [1.82, 2.24) is 9.55 Å². The van der Waals surface area contributed by atoms with E-state index in [4.69, 9.17) is 9.72 Å². The van der Waals surface area contributed by atoms with Crippen LogP contribution in [0.25, 0.3) is 11.0 Å². The molecule has 0 fully saturated rings. The number of benzene rings is 3. The molecular formula is C27H22BrN3O4. The van der Waals surface area contributed by atoms with Crippen molar-refractivity contribution in [3.8, 4) is 0 Å². The van der Waals surface area contributed by atoms with E-state index in [9.17, 15) is 14.4 Å². The summed E-state index contributed by atoms with van der Waals surface area (Å²) in [5.74, 6) is -2.23. The molecule has 0 aliphatic carbocycles. The van der Waals surface area contributed by atoms with Gasteiger partial charge < -0.3 is 9.30 Å². The molecule has 0 unspecified atom stereocenters. The molecule has 1 aliphatic heterocycles. The Morgan fingerprint density at radius 1 is 0.971 bits per heavy atom. The number of ether oxygens (including phenoxy) is 1. The fourth-order valence-corrected chi connectivity index (χ4v) is 4.78. The van der Waals surface area contributed by atoms with E-state index in [1.807, 2.05) is 59.2 Å². The summed E-state index contributed by atoms with van der Waals surface area (Å²) >= 11 is 3.37. The molecule has 0 bridgehead atoms. The lowest BCUT2D eigenvalue weighted by atomic mass is 9.89. The molecule has 0 radical (unpaired) electrons. The van der Waals surface area contributed by atoms with E-state index < -0.39 is 23.8 Å². The lowest BCUT2D eigenvalue weighted by Crippen LogP contribution is -2.51. The third-order valence-electron chi connectivity index (χ3n) is 6.09. The number of halogens is 1. The number of anilines is 1. The molecule has 1 amide bonds. The number of aromatic nitrogens is 2. The summed E-state index contributed by atoms with van der Waals surface area (Å²) in [6.45, 7) is 1.59. The SMILES string of the molecule is CCOC(=O)[C@@H]1C(=O)N(CC(=O)c2ccc(Br)cc2)c2nc3ccccc3n2[C@H]1c1ccccc1. The number of para-hydroxylation sites is 2. The second-order valence-electron chi connectivity index (χ2n) is 8.21. The van der Waals surface area contributed by atoms with Gasteiger partial charge in [-0.25, -0.2) is 4.98 Å². The first-order chi connectivity index (χ1) is 17.0. The van der Waals surface area contributed by atoms with Gasteiger partial charge in [-0.05, 0) is 36.8 Å². The maximum Gasteiger partial charge on any atom is 0.321 e. The molecule has 8 heteroatoms. The Morgan fingerprint density at radius 3 is 2.37 bits per heavy atom. The molecule has 0 saturated heterocycles. The monoisotopic (exact) mass is 531 g/mol. The smallest absolute Gasteiger partial charge is 0.321 e. The fourth-order valence-electron chi connectivity index (χ4n) is 4.52. The molecule has 4 aromatic rings. The van der Waals surface area contributed by atoms with Crippen LogP contribution in [0.2, 0.25) is 0 Å². The highest BCUT2D eigenvalue weighted by atomic mass is 79.9. The number of imidazole rings is 1. The number of amides is 1. The number of rotatable bonds is 6. The van der Waals surface area contributed by atoms with Gasteiger partial charge in [0.2, 0.25) is 11.9 Å². The standard InChI is InChI=1S/C27H22BrN3O4/c1-2-35-26(34)23-24(18-8-4-3-5-9-18)31-21-11-7-6-10-20(21)29-27(31)30(25(23)33)16-22(32)17-12-14-19(28)15-13-17/h3-15,23-24H,2,16H2,1H3/t23-,24-/m0/s1. The number of fused-ring (bicyclic) bond motifs is 3. The average molecular weight is 532 g/mol. The summed E-state index contributed by atoms with van der Waals surface area (Å²) in [4.78, 5) is 46.3. The van der Waals surface area contributed by atoms with E-state index in [-0.39, 0.29) is 18.9 Å². The highest BCUT2D eigenvalue weighted by Gasteiger charge is 2.48. The van der Waals surface area contributed by atoms with Gasteiger partial charge in [-0.1, -0.05) is 70.5 Å². The first kappa shape index (κ1) is 23.0. The summed E-state index contributed by atoms with van der Waals surface area (Å²) in [6.07, 6.45) is 0. The third-order valence-corrected chi connectivity index (χ3v) is 6.62. The van der Waals surface area contributed by atoms with Crippen molar-refractivity contribution < 1.29 is 19.1 Å². The topological polar surface area (TPSA) is 81.5 Å². The van der Waals surface area contributed by atoms with Crippen LogP contribution in [-0.4, -0.2) is 40.4 Å². The molecule has 7 nitrogen and oxygen atoms in total. The second kappa shape index (κ2) is 9.46. The van der Waals surface area contributed by atoms with Gasteiger partial charge in [-0.2, -0.15) is 0 Å². The van der Waals surface area contributed by atoms with Crippen LogP contribution in [0.4, 0.5) is 5.95 Å². The third kappa shape index (κ3) is 4.14. The summed E-state index contributed by atoms with van der Waals surface area (Å²) < 4.78 is 8.07. The predicted molar refractivity (Wildman–Crippen MR) is 135 cm³/mol. The molecule has 1 aromatic heterocycles. The Bertz CT molecular complexity index is 1420. The maximum absolute atomic E-state index is 13.9. The largest absolute Gasteiger partial charge is 0.465 e. The quantitative estimate of drug-likeness (QED) is 0.203. The van der Waals surface area contributed by atoms with E-state index in [2.05, 4.69) is 15.9 Å². The lowest BCUT2D eigenvalue weighted by Gasteiger charge is -2.37. The summed E-state index contributed by atoms with van der Waals surface area (Å²) in [7, 11) is 0. The zero-order valence-corrected chi connectivity index (χ0v) is 20.5. The number of carbonyl (C=O) groups is 3. The summed E-state index contributed by atoms with van der Waals surface area (Å²) in [5.41, 5.74) is 2.67. The predicted octanol–water partition coefficient (Wildman–Crippen LogP) is 4.80. The highest BCUT2D eigenvalue weighted by molar-refractivity contribution is 9.10. The van der Waals surface area contributed by atoms with E-state index >= 15 is 0 Å². The van der Waals surface area contributed by atoms with E-state index in [0.29, 0.717) is 17.0 Å². The van der Waals surface area contributed by atoms with Crippen molar-refractivity contribution in [2.24, 2.45) is 5.92 Å². The molecule has 3 aromatic carbocycles.